The van der Waals surface area contributed by atoms with Crippen LogP contribution in [0, 0.1) is 5.92 Å². The molecule has 1 heterocycles. The maximum atomic E-state index is 10.5. The predicted molar refractivity (Wildman–Crippen MR) is 41.7 cm³/mol. The number of rotatable bonds is 2. The topological polar surface area (TPSA) is 55.1 Å². The molecule has 64 valence electrons. The summed E-state index contributed by atoms with van der Waals surface area (Å²) in [5.41, 5.74) is 0.907. The molecule has 0 aliphatic heterocycles. The molecular formula is C8H10N2O2. The average Bonchev–Trinajstić information content (AvgIpc) is 2.70. The Balaban J connectivity index is 2.10. The summed E-state index contributed by atoms with van der Waals surface area (Å²) in [5, 5.41) is 12.8. The van der Waals surface area contributed by atoms with Crippen molar-refractivity contribution in [3.8, 4) is 0 Å². The summed E-state index contributed by atoms with van der Waals surface area (Å²) in [6.07, 6.45) is 2.58. The van der Waals surface area contributed by atoms with Gasteiger partial charge < -0.3 is 5.11 Å². The Morgan fingerprint density at radius 3 is 3.00 bits per heavy atom. The number of carbonyl (C=O) groups is 1. The first kappa shape index (κ1) is 7.34. The highest BCUT2D eigenvalue weighted by Gasteiger charge is 2.45. The van der Waals surface area contributed by atoms with E-state index in [9.17, 15) is 4.79 Å². The van der Waals surface area contributed by atoms with E-state index in [2.05, 4.69) is 5.10 Å². The smallest absolute Gasteiger partial charge is 0.307 e. The van der Waals surface area contributed by atoms with E-state index in [0.29, 0.717) is 0 Å². The minimum Gasteiger partial charge on any atom is -0.481 e. The zero-order valence-corrected chi connectivity index (χ0v) is 6.77. The lowest BCUT2D eigenvalue weighted by atomic mass is 10.2. The van der Waals surface area contributed by atoms with Crippen molar-refractivity contribution >= 4 is 5.97 Å². The Morgan fingerprint density at radius 1 is 1.83 bits per heavy atom. The van der Waals surface area contributed by atoms with Gasteiger partial charge in [-0.2, -0.15) is 5.10 Å². The second-order valence-electron chi connectivity index (χ2n) is 3.20. The fourth-order valence-electron chi connectivity index (χ4n) is 1.43. The van der Waals surface area contributed by atoms with Crippen molar-refractivity contribution in [3.63, 3.8) is 0 Å². The molecule has 0 bridgehead atoms. The van der Waals surface area contributed by atoms with Gasteiger partial charge in [0.2, 0.25) is 0 Å². The monoisotopic (exact) mass is 166 g/mol. The zero-order valence-electron chi connectivity index (χ0n) is 6.77. The van der Waals surface area contributed by atoms with E-state index >= 15 is 0 Å². The number of hydrogen-bond donors (Lipinski definition) is 1. The largest absolute Gasteiger partial charge is 0.481 e. The number of aryl methyl sites for hydroxylation is 1. The van der Waals surface area contributed by atoms with Crippen LogP contribution in [0.4, 0.5) is 0 Å². The SMILES string of the molecule is Cn1ccc([C@@H]2C[C@@H]2C(=O)O)n1. The Morgan fingerprint density at radius 2 is 2.58 bits per heavy atom. The van der Waals surface area contributed by atoms with Crippen LogP contribution in [0.25, 0.3) is 0 Å². The molecule has 0 saturated heterocycles. The molecule has 0 unspecified atom stereocenters. The highest BCUT2D eigenvalue weighted by atomic mass is 16.4. The van der Waals surface area contributed by atoms with E-state index in [1.54, 1.807) is 4.68 Å². The molecule has 1 aromatic rings. The van der Waals surface area contributed by atoms with Crippen LogP contribution in [0.2, 0.25) is 0 Å². The van der Waals surface area contributed by atoms with Crippen molar-refractivity contribution in [1.82, 2.24) is 9.78 Å². The molecule has 0 radical (unpaired) electrons. The summed E-state index contributed by atoms with van der Waals surface area (Å²) in [6.45, 7) is 0. The first-order chi connectivity index (χ1) is 5.68. The fraction of sp³-hybridized carbons (Fsp3) is 0.500. The first-order valence-corrected chi connectivity index (χ1v) is 3.91. The van der Waals surface area contributed by atoms with Gasteiger partial charge in [0, 0.05) is 19.2 Å². The van der Waals surface area contributed by atoms with Gasteiger partial charge in [0.1, 0.15) is 0 Å². The van der Waals surface area contributed by atoms with E-state index in [1.165, 1.54) is 0 Å². The standard InChI is InChI=1S/C8H10N2O2/c1-10-3-2-7(9-10)5-4-6(5)8(11)12/h2-3,5-6H,4H2,1H3,(H,11,12)/t5-,6+/m1/s1. The summed E-state index contributed by atoms with van der Waals surface area (Å²) in [6, 6.07) is 1.88. The van der Waals surface area contributed by atoms with Crippen LogP contribution in [0.3, 0.4) is 0 Å². The Labute approximate surface area is 69.8 Å². The Hall–Kier alpha value is -1.32. The van der Waals surface area contributed by atoms with Crippen LogP contribution in [-0.4, -0.2) is 20.9 Å². The summed E-state index contributed by atoms with van der Waals surface area (Å²) < 4.78 is 1.70. The van der Waals surface area contributed by atoms with Crippen LogP contribution in [0.15, 0.2) is 12.3 Å². The van der Waals surface area contributed by atoms with E-state index in [1.807, 2.05) is 19.3 Å². The second-order valence-corrected chi connectivity index (χ2v) is 3.20. The summed E-state index contributed by atoms with van der Waals surface area (Å²) >= 11 is 0. The molecule has 1 N–H and O–H groups in total. The molecule has 2 rings (SSSR count). The Bertz CT molecular complexity index is 319. The minimum absolute atomic E-state index is 0.156. The third-order valence-electron chi connectivity index (χ3n) is 2.22. The molecule has 0 amide bonds. The van der Waals surface area contributed by atoms with Gasteiger partial charge in [0.05, 0.1) is 11.6 Å². The normalized spacial score (nSPS) is 27.1. The summed E-state index contributed by atoms with van der Waals surface area (Å²) in [7, 11) is 1.83. The minimum atomic E-state index is -0.703. The van der Waals surface area contributed by atoms with Gasteiger partial charge in [-0.25, -0.2) is 0 Å². The molecule has 12 heavy (non-hydrogen) atoms. The molecule has 1 saturated carbocycles. The van der Waals surface area contributed by atoms with E-state index in [4.69, 9.17) is 5.11 Å². The molecule has 1 fully saturated rings. The van der Waals surface area contributed by atoms with Crippen molar-refractivity contribution in [2.75, 3.05) is 0 Å². The van der Waals surface area contributed by atoms with E-state index in [0.717, 1.165) is 12.1 Å². The number of hydrogen-bond acceptors (Lipinski definition) is 2. The maximum Gasteiger partial charge on any atom is 0.307 e. The van der Waals surface area contributed by atoms with Crippen LogP contribution in [-0.2, 0) is 11.8 Å². The van der Waals surface area contributed by atoms with Crippen LogP contribution in [0.5, 0.6) is 0 Å². The summed E-state index contributed by atoms with van der Waals surface area (Å²) in [4.78, 5) is 10.5. The number of aliphatic carboxylic acids is 1. The lowest BCUT2D eigenvalue weighted by Crippen LogP contribution is -1.99. The van der Waals surface area contributed by atoms with Crippen molar-refractivity contribution in [3.05, 3.63) is 18.0 Å². The third-order valence-corrected chi connectivity index (χ3v) is 2.22. The van der Waals surface area contributed by atoms with Gasteiger partial charge in [0.25, 0.3) is 0 Å². The molecule has 1 aromatic heterocycles. The van der Waals surface area contributed by atoms with Gasteiger partial charge in [-0.05, 0) is 12.5 Å². The zero-order chi connectivity index (χ0) is 8.72. The number of carboxylic acids is 1. The van der Waals surface area contributed by atoms with Crippen LogP contribution < -0.4 is 0 Å². The van der Waals surface area contributed by atoms with Gasteiger partial charge in [-0.1, -0.05) is 0 Å². The number of nitrogens with zero attached hydrogens (tertiary/aromatic N) is 2. The average molecular weight is 166 g/mol. The first-order valence-electron chi connectivity index (χ1n) is 3.91. The number of aromatic nitrogens is 2. The molecule has 0 aromatic carbocycles. The van der Waals surface area contributed by atoms with Gasteiger partial charge >= 0.3 is 5.97 Å². The molecular weight excluding hydrogens is 156 g/mol. The molecule has 4 nitrogen and oxygen atoms in total. The summed E-state index contributed by atoms with van der Waals surface area (Å²) in [5.74, 6) is -0.741. The molecule has 1 aliphatic rings. The van der Waals surface area contributed by atoms with E-state index in [-0.39, 0.29) is 11.8 Å². The quantitative estimate of drug-likeness (QED) is 0.700. The second kappa shape index (κ2) is 2.33. The van der Waals surface area contributed by atoms with Crippen molar-refractivity contribution < 1.29 is 9.90 Å². The van der Waals surface area contributed by atoms with Gasteiger partial charge in [-0.3, -0.25) is 9.48 Å². The van der Waals surface area contributed by atoms with Gasteiger partial charge in [0.15, 0.2) is 0 Å². The predicted octanol–water partition coefficient (Wildman–Crippen LogP) is 0.608. The molecule has 4 heteroatoms. The van der Waals surface area contributed by atoms with Crippen LogP contribution in [0.1, 0.15) is 18.0 Å². The molecule has 1 aliphatic carbocycles. The van der Waals surface area contributed by atoms with Crippen molar-refractivity contribution in [2.45, 2.75) is 12.3 Å². The molecule has 0 spiro atoms. The highest BCUT2D eigenvalue weighted by Crippen LogP contribution is 2.46. The highest BCUT2D eigenvalue weighted by molar-refractivity contribution is 5.74. The molecule has 2 atom stereocenters. The van der Waals surface area contributed by atoms with Gasteiger partial charge in [-0.15, -0.1) is 0 Å². The lowest BCUT2D eigenvalue weighted by molar-refractivity contribution is -0.138. The van der Waals surface area contributed by atoms with Crippen LogP contribution >= 0.6 is 0 Å². The number of carboxylic acid groups (broad SMARTS) is 1. The van der Waals surface area contributed by atoms with Crippen molar-refractivity contribution in [1.29, 1.82) is 0 Å². The Kier molecular flexibility index (Phi) is 1.43. The third kappa shape index (κ3) is 1.09. The fourth-order valence-corrected chi connectivity index (χ4v) is 1.43. The van der Waals surface area contributed by atoms with Crippen molar-refractivity contribution in [2.24, 2.45) is 13.0 Å². The van der Waals surface area contributed by atoms with E-state index < -0.39 is 5.97 Å². The maximum absolute atomic E-state index is 10.5. The lowest BCUT2D eigenvalue weighted by Gasteiger charge is -1.89.